The molecule has 2 unspecified atom stereocenters. The predicted octanol–water partition coefficient (Wildman–Crippen LogP) is 4.29. The van der Waals surface area contributed by atoms with Crippen LogP contribution in [-0.2, 0) is 0 Å². The number of pyridine rings is 1. The number of nitrogen functional groups attached to an aromatic ring is 1. The molecule has 0 aromatic carbocycles. The Morgan fingerprint density at radius 3 is 2.42 bits per heavy atom. The molecule has 0 radical (unpaired) electrons. The maximum absolute atomic E-state index is 12.7. The number of anilines is 1. The number of aromatic nitrogens is 3. The zero-order valence-corrected chi connectivity index (χ0v) is 18.5. The molecule has 3 fully saturated rings. The van der Waals surface area contributed by atoms with Gasteiger partial charge in [0.1, 0.15) is 11.6 Å². The van der Waals surface area contributed by atoms with Gasteiger partial charge < -0.3 is 15.6 Å². The van der Waals surface area contributed by atoms with Crippen LogP contribution in [0.15, 0.2) is 18.5 Å². The molecule has 0 amide bonds. The number of H-pyrrole nitrogens is 1. The van der Waals surface area contributed by atoms with E-state index in [1.54, 1.807) is 6.20 Å². The number of hydrogen-bond acceptors (Lipinski definition) is 5. The number of piperazine rings is 1. The first-order chi connectivity index (χ1) is 14.9. The van der Waals surface area contributed by atoms with Crippen molar-refractivity contribution in [3.63, 3.8) is 0 Å². The average molecular weight is 433 g/mol. The van der Waals surface area contributed by atoms with E-state index in [9.17, 15) is 8.78 Å². The summed E-state index contributed by atoms with van der Waals surface area (Å²) in [5.41, 5.74) is 6.46. The van der Waals surface area contributed by atoms with Crippen LogP contribution in [0.25, 0.3) is 11.3 Å². The molecular weight excluding hydrogens is 398 g/mol. The van der Waals surface area contributed by atoms with Crippen LogP contribution >= 0.6 is 0 Å². The van der Waals surface area contributed by atoms with Gasteiger partial charge in [0.15, 0.2) is 0 Å². The fourth-order valence-corrected chi connectivity index (χ4v) is 4.56. The summed E-state index contributed by atoms with van der Waals surface area (Å²) in [4.78, 5) is 16.3. The highest BCUT2D eigenvalue weighted by Gasteiger charge is 2.28. The number of aromatic amines is 1. The Labute approximate surface area is 183 Å². The lowest BCUT2D eigenvalue weighted by Gasteiger charge is -2.36. The Bertz CT molecular complexity index is 858. The Morgan fingerprint density at radius 1 is 1.06 bits per heavy atom. The molecule has 2 aromatic heterocycles. The smallest absolute Gasteiger partial charge is 0.267 e. The number of halogens is 2. The van der Waals surface area contributed by atoms with Gasteiger partial charge in [0, 0.05) is 49.9 Å². The maximum atomic E-state index is 12.7. The van der Waals surface area contributed by atoms with Crippen LogP contribution in [0.2, 0.25) is 0 Å². The summed E-state index contributed by atoms with van der Waals surface area (Å²) >= 11 is 0. The van der Waals surface area contributed by atoms with Gasteiger partial charge in [-0.1, -0.05) is 6.92 Å². The fraction of sp³-hybridized carbons (Fsp3) is 0.652. The lowest BCUT2D eigenvalue weighted by molar-refractivity contribution is 0.112. The van der Waals surface area contributed by atoms with Crippen molar-refractivity contribution in [3.8, 4) is 11.3 Å². The first-order valence-corrected chi connectivity index (χ1v) is 11.4. The minimum atomic E-state index is -2.62. The van der Waals surface area contributed by atoms with Gasteiger partial charge in [0.05, 0.1) is 17.5 Å². The molecule has 0 spiro atoms. The van der Waals surface area contributed by atoms with Crippen molar-refractivity contribution in [2.45, 2.75) is 57.4 Å². The molecule has 6 nitrogen and oxygen atoms in total. The summed E-state index contributed by atoms with van der Waals surface area (Å²) in [6.45, 7) is 7.54. The molecule has 8 heteroatoms. The van der Waals surface area contributed by atoms with Crippen LogP contribution in [0.4, 0.5) is 14.6 Å². The van der Waals surface area contributed by atoms with Crippen molar-refractivity contribution in [2.75, 3.05) is 39.0 Å². The van der Waals surface area contributed by atoms with E-state index < -0.39 is 6.43 Å². The van der Waals surface area contributed by atoms with Crippen LogP contribution in [0.1, 0.15) is 62.8 Å². The number of nitrogens with two attached hydrogens (primary N) is 1. The minimum Gasteiger partial charge on any atom is -0.383 e. The second kappa shape index (κ2) is 9.61. The Hall–Kier alpha value is -2.06. The molecule has 3 N–H and O–H groups in total. The summed E-state index contributed by atoms with van der Waals surface area (Å²) in [6.07, 6.45) is 7.13. The molecule has 31 heavy (non-hydrogen) atoms. The second-order valence-electron chi connectivity index (χ2n) is 9.37. The van der Waals surface area contributed by atoms with E-state index >= 15 is 0 Å². The number of nitrogens with zero attached hydrogens (tertiary/aromatic N) is 4. The maximum Gasteiger partial charge on any atom is 0.267 e. The zero-order valence-electron chi connectivity index (χ0n) is 18.5. The average Bonchev–Trinajstić information content (AvgIpc) is 3.32. The third kappa shape index (κ3) is 5.60. The molecule has 2 aliphatic carbocycles. The van der Waals surface area contributed by atoms with E-state index in [4.69, 9.17) is 5.73 Å². The molecule has 3 aliphatic rings. The Morgan fingerprint density at radius 2 is 1.81 bits per heavy atom. The lowest BCUT2D eigenvalue weighted by atomic mass is 10.1. The van der Waals surface area contributed by atoms with Gasteiger partial charge in [0.2, 0.25) is 0 Å². The number of nitrogens with one attached hydrogen (secondary N) is 1. The molecule has 2 atom stereocenters. The summed E-state index contributed by atoms with van der Waals surface area (Å²) in [5.74, 6) is 2.26. The van der Waals surface area contributed by atoms with Gasteiger partial charge in [-0.25, -0.2) is 18.7 Å². The molecule has 170 valence electrons. The van der Waals surface area contributed by atoms with Crippen molar-refractivity contribution < 1.29 is 8.78 Å². The Balaban J connectivity index is 0.000000158. The minimum absolute atomic E-state index is 0.129. The molecule has 3 heterocycles. The SMILES string of the molecule is CC1CCC(N2CCN(C)CC2)C1.Nc1ncc(-c2cnc(C3CC3)[nH]2)cc1C(F)F. The summed E-state index contributed by atoms with van der Waals surface area (Å²) in [5, 5.41) is 0. The summed E-state index contributed by atoms with van der Waals surface area (Å²) < 4.78 is 25.4. The predicted molar refractivity (Wildman–Crippen MR) is 119 cm³/mol. The van der Waals surface area contributed by atoms with Crippen molar-refractivity contribution in [3.05, 3.63) is 29.8 Å². The van der Waals surface area contributed by atoms with Gasteiger partial charge in [0.25, 0.3) is 6.43 Å². The number of alkyl halides is 2. The van der Waals surface area contributed by atoms with Gasteiger partial charge in [-0.15, -0.1) is 0 Å². The van der Waals surface area contributed by atoms with Crippen LogP contribution < -0.4 is 5.73 Å². The molecule has 1 aliphatic heterocycles. The quantitative estimate of drug-likeness (QED) is 0.754. The summed E-state index contributed by atoms with van der Waals surface area (Å²) in [6, 6.07) is 2.28. The topological polar surface area (TPSA) is 74.1 Å². The fourth-order valence-electron chi connectivity index (χ4n) is 4.56. The monoisotopic (exact) mass is 432 g/mol. The third-order valence-electron chi connectivity index (χ3n) is 6.78. The number of imidazole rings is 1. The standard InChI is InChI=1S/C12H12F2N4.C11H22N2/c13-10(14)8-3-7(4-16-11(8)15)9-5-17-12(18-9)6-1-2-6;1-10-3-4-11(9-10)13-7-5-12(2)6-8-13/h3-6,10H,1-2H2,(H2,15,16)(H,17,18);10-11H,3-9H2,1-2H3. The molecule has 2 aromatic rings. The highest BCUT2D eigenvalue weighted by molar-refractivity contribution is 5.61. The van der Waals surface area contributed by atoms with Crippen molar-refractivity contribution >= 4 is 5.82 Å². The highest BCUT2D eigenvalue weighted by atomic mass is 19.3. The van der Waals surface area contributed by atoms with Crippen molar-refractivity contribution in [2.24, 2.45) is 5.92 Å². The summed E-state index contributed by atoms with van der Waals surface area (Å²) in [7, 11) is 2.23. The van der Waals surface area contributed by atoms with E-state index in [0.29, 0.717) is 17.2 Å². The number of likely N-dealkylation sites (N-methyl/N-ethyl adjacent to an activating group) is 1. The van der Waals surface area contributed by atoms with E-state index in [0.717, 1.165) is 30.6 Å². The first kappa shape index (κ1) is 22.1. The van der Waals surface area contributed by atoms with Gasteiger partial charge in [-0.2, -0.15) is 0 Å². The van der Waals surface area contributed by atoms with Gasteiger partial charge in [-0.3, -0.25) is 4.90 Å². The molecule has 1 saturated heterocycles. The molecule has 0 bridgehead atoms. The lowest BCUT2D eigenvalue weighted by Crippen LogP contribution is -2.48. The van der Waals surface area contributed by atoms with Crippen LogP contribution in [0, 0.1) is 5.92 Å². The largest absolute Gasteiger partial charge is 0.383 e. The molecular formula is C23H34F2N6. The van der Waals surface area contributed by atoms with Gasteiger partial charge >= 0.3 is 0 Å². The number of rotatable bonds is 4. The molecule has 5 rings (SSSR count). The second-order valence-corrected chi connectivity index (χ2v) is 9.37. The normalized spacial score (nSPS) is 24.9. The van der Waals surface area contributed by atoms with Crippen molar-refractivity contribution in [1.82, 2.24) is 24.8 Å². The number of hydrogen-bond donors (Lipinski definition) is 2. The van der Waals surface area contributed by atoms with E-state index in [2.05, 4.69) is 38.7 Å². The Kier molecular flexibility index (Phi) is 6.86. The van der Waals surface area contributed by atoms with E-state index in [1.165, 1.54) is 57.7 Å². The van der Waals surface area contributed by atoms with E-state index in [1.807, 2.05) is 0 Å². The van der Waals surface area contributed by atoms with E-state index in [-0.39, 0.29) is 11.4 Å². The van der Waals surface area contributed by atoms with Crippen LogP contribution in [0.3, 0.4) is 0 Å². The van der Waals surface area contributed by atoms with Crippen LogP contribution in [0.5, 0.6) is 0 Å². The van der Waals surface area contributed by atoms with Crippen molar-refractivity contribution in [1.29, 1.82) is 0 Å². The zero-order chi connectivity index (χ0) is 22.0. The van der Waals surface area contributed by atoms with Gasteiger partial charge in [-0.05, 0) is 51.1 Å². The molecule has 2 saturated carbocycles. The third-order valence-corrected chi connectivity index (χ3v) is 6.78. The highest BCUT2D eigenvalue weighted by Crippen LogP contribution is 2.39. The first-order valence-electron chi connectivity index (χ1n) is 11.4. The van der Waals surface area contributed by atoms with Crippen LogP contribution in [-0.4, -0.2) is 64.0 Å².